The van der Waals surface area contributed by atoms with Crippen LogP contribution in [0, 0.1) is 12.3 Å². The number of alkyl halides is 3. The van der Waals surface area contributed by atoms with Crippen molar-refractivity contribution in [2.75, 3.05) is 11.9 Å². The van der Waals surface area contributed by atoms with E-state index in [1.165, 1.54) is 6.07 Å². The predicted octanol–water partition coefficient (Wildman–Crippen LogP) is 3.54. The summed E-state index contributed by atoms with van der Waals surface area (Å²) in [4.78, 5) is 11.7. The third-order valence-corrected chi connectivity index (χ3v) is 3.27. The first-order chi connectivity index (χ1) is 9.91. The van der Waals surface area contributed by atoms with Crippen molar-refractivity contribution >= 4 is 11.7 Å². The normalized spacial score (nSPS) is 13.6. The number of nitrogens with one attached hydrogen (secondary N) is 2. The van der Waals surface area contributed by atoms with E-state index in [4.69, 9.17) is 0 Å². The molecule has 2 amide bonds. The summed E-state index contributed by atoms with van der Waals surface area (Å²) in [5.41, 5.74) is -0.639. The third kappa shape index (κ3) is 5.22. The van der Waals surface area contributed by atoms with Gasteiger partial charge < -0.3 is 15.7 Å². The maximum Gasteiger partial charge on any atom is 0.416 e. The van der Waals surface area contributed by atoms with Gasteiger partial charge in [-0.25, -0.2) is 4.79 Å². The van der Waals surface area contributed by atoms with E-state index in [0.29, 0.717) is 5.56 Å². The Kier molecular flexibility index (Phi) is 5.45. The third-order valence-electron chi connectivity index (χ3n) is 3.27. The van der Waals surface area contributed by atoms with Gasteiger partial charge in [-0.3, -0.25) is 0 Å². The summed E-state index contributed by atoms with van der Waals surface area (Å²) in [7, 11) is 0. The summed E-state index contributed by atoms with van der Waals surface area (Å²) in [6.45, 7) is 7.05. The lowest BCUT2D eigenvalue weighted by molar-refractivity contribution is -0.137. The van der Waals surface area contributed by atoms with Crippen LogP contribution in [0.15, 0.2) is 18.2 Å². The number of halogens is 3. The molecule has 124 valence electrons. The van der Waals surface area contributed by atoms with Gasteiger partial charge in [0, 0.05) is 12.2 Å². The summed E-state index contributed by atoms with van der Waals surface area (Å²) in [6.07, 6.45) is -5.23. The van der Waals surface area contributed by atoms with Crippen molar-refractivity contribution < 1.29 is 23.1 Å². The minimum absolute atomic E-state index is 0.00728. The van der Waals surface area contributed by atoms with Crippen LogP contribution >= 0.6 is 0 Å². The zero-order valence-electron chi connectivity index (χ0n) is 13.0. The molecule has 0 aliphatic rings. The van der Waals surface area contributed by atoms with Crippen LogP contribution in [0.4, 0.5) is 23.7 Å². The number of carbonyl (C=O) groups excluding carboxylic acids is 1. The molecule has 1 rings (SSSR count). The Bertz CT molecular complexity index is 537. The zero-order valence-corrected chi connectivity index (χ0v) is 13.0. The molecule has 1 unspecified atom stereocenters. The van der Waals surface area contributed by atoms with Gasteiger partial charge >= 0.3 is 12.2 Å². The molecular formula is C15H21F3N2O2. The van der Waals surface area contributed by atoms with Crippen molar-refractivity contribution in [3.05, 3.63) is 29.3 Å². The van der Waals surface area contributed by atoms with E-state index in [9.17, 15) is 23.1 Å². The first-order valence-electron chi connectivity index (χ1n) is 6.82. The van der Waals surface area contributed by atoms with Crippen LogP contribution in [-0.4, -0.2) is 23.8 Å². The SMILES string of the molecule is Cc1ccc(C(F)(F)F)cc1NC(=O)NCC(O)C(C)(C)C. The van der Waals surface area contributed by atoms with Crippen molar-refractivity contribution in [1.82, 2.24) is 5.32 Å². The summed E-state index contributed by atoms with van der Waals surface area (Å²) in [5.74, 6) is 0. The highest BCUT2D eigenvalue weighted by molar-refractivity contribution is 5.90. The lowest BCUT2D eigenvalue weighted by Crippen LogP contribution is -2.41. The van der Waals surface area contributed by atoms with Gasteiger partial charge in [0.25, 0.3) is 0 Å². The maximum absolute atomic E-state index is 12.7. The van der Waals surface area contributed by atoms with Crippen LogP contribution in [0.2, 0.25) is 0 Å². The molecule has 1 aromatic rings. The number of anilines is 1. The maximum atomic E-state index is 12.7. The second-order valence-corrected chi connectivity index (χ2v) is 6.24. The van der Waals surface area contributed by atoms with Crippen LogP contribution in [0.25, 0.3) is 0 Å². The number of hydrogen-bond acceptors (Lipinski definition) is 2. The van der Waals surface area contributed by atoms with Gasteiger partial charge in [-0.15, -0.1) is 0 Å². The van der Waals surface area contributed by atoms with Gasteiger partial charge in [-0.2, -0.15) is 13.2 Å². The zero-order chi connectivity index (χ0) is 17.1. The second-order valence-electron chi connectivity index (χ2n) is 6.24. The van der Waals surface area contributed by atoms with Crippen LogP contribution in [0.3, 0.4) is 0 Å². The summed E-state index contributed by atoms with van der Waals surface area (Å²) in [6, 6.07) is 2.48. The Hall–Kier alpha value is -1.76. The van der Waals surface area contributed by atoms with Gasteiger partial charge in [-0.05, 0) is 30.0 Å². The van der Waals surface area contributed by atoms with Gasteiger partial charge in [-0.1, -0.05) is 26.8 Å². The molecule has 0 saturated heterocycles. The smallest absolute Gasteiger partial charge is 0.391 e. The Morgan fingerprint density at radius 3 is 2.36 bits per heavy atom. The van der Waals surface area contributed by atoms with Crippen LogP contribution in [-0.2, 0) is 6.18 Å². The lowest BCUT2D eigenvalue weighted by atomic mass is 9.89. The first-order valence-corrected chi connectivity index (χ1v) is 6.82. The fourth-order valence-corrected chi connectivity index (χ4v) is 1.60. The van der Waals surface area contributed by atoms with Gasteiger partial charge in [0.1, 0.15) is 0 Å². The monoisotopic (exact) mass is 318 g/mol. The summed E-state index contributed by atoms with van der Waals surface area (Å²) in [5, 5.41) is 14.6. The molecule has 0 aromatic heterocycles. The van der Waals surface area contributed by atoms with Gasteiger partial charge in [0.2, 0.25) is 0 Å². The molecule has 0 heterocycles. The van der Waals surface area contributed by atoms with E-state index >= 15 is 0 Å². The van der Waals surface area contributed by atoms with Crippen molar-refractivity contribution in [3.63, 3.8) is 0 Å². The standard InChI is InChI=1S/C15H21F3N2O2/c1-9-5-6-10(15(16,17)18)7-11(9)20-13(22)19-8-12(21)14(2,3)4/h5-7,12,21H,8H2,1-4H3,(H2,19,20,22). The number of aliphatic hydroxyl groups excluding tert-OH is 1. The molecule has 4 nitrogen and oxygen atoms in total. The molecule has 0 bridgehead atoms. The second kappa shape index (κ2) is 6.56. The van der Waals surface area contributed by atoms with E-state index in [1.54, 1.807) is 6.92 Å². The van der Waals surface area contributed by atoms with Crippen molar-refractivity contribution in [3.8, 4) is 0 Å². The Morgan fingerprint density at radius 2 is 1.86 bits per heavy atom. The van der Waals surface area contributed by atoms with E-state index in [0.717, 1.165) is 12.1 Å². The summed E-state index contributed by atoms with van der Waals surface area (Å²) < 4.78 is 38.0. The van der Waals surface area contributed by atoms with E-state index < -0.39 is 29.3 Å². The molecule has 0 aliphatic carbocycles. The van der Waals surface area contributed by atoms with Crippen molar-refractivity contribution in [2.24, 2.45) is 5.41 Å². The molecule has 0 saturated carbocycles. The highest BCUT2D eigenvalue weighted by Gasteiger charge is 2.31. The predicted molar refractivity (Wildman–Crippen MR) is 78.7 cm³/mol. The minimum Gasteiger partial charge on any atom is -0.391 e. The van der Waals surface area contributed by atoms with Crippen molar-refractivity contribution in [2.45, 2.75) is 40.0 Å². The molecule has 1 atom stereocenters. The van der Waals surface area contributed by atoms with E-state index in [-0.39, 0.29) is 12.2 Å². The molecule has 1 aromatic carbocycles. The quantitative estimate of drug-likeness (QED) is 0.798. The summed E-state index contributed by atoms with van der Waals surface area (Å²) >= 11 is 0. The molecule has 0 spiro atoms. The molecule has 0 fully saturated rings. The Balaban J connectivity index is 2.72. The number of amides is 2. The van der Waals surface area contributed by atoms with Gasteiger partial charge in [0.05, 0.1) is 11.7 Å². The molecule has 0 radical (unpaired) electrons. The molecule has 3 N–H and O–H groups in total. The topological polar surface area (TPSA) is 61.4 Å². The molecule has 22 heavy (non-hydrogen) atoms. The van der Waals surface area contributed by atoms with Crippen molar-refractivity contribution in [1.29, 1.82) is 0 Å². The van der Waals surface area contributed by atoms with E-state index in [1.807, 2.05) is 20.8 Å². The number of benzene rings is 1. The van der Waals surface area contributed by atoms with Crippen LogP contribution in [0.5, 0.6) is 0 Å². The number of hydrogen-bond donors (Lipinski definition) is 3. The fraction of sp³-hybridized carbons (Fsp3) is 0.533. The van der Waals surface area contributed by atoms with E-state index in [2.05, 4.69) is 10.6 Å². The van der Waals surface area contributed by atoms with Crippen LogP contribution in [0.1, 0.15) is 31.9 Å². The minimum atomic E-state index is -4.47. The number of aryl methyl sites for hydroxylation is 1. The number of urea groups is 1. The largest absolute Gasteiger partial charge is 0.416 e. The molecular weight excluding hydrogens is 297 g/mol. The Labute approximate surface area is 127 Å². The molecule has 7 heteroatoms. The first kappa shape index (κ1) is 18.3. The Morgan fingerprint density at radius 1 is 1.27 bits per heavy atom. The number of aliphatic hydroxyl groups is 1. The average molecular weight is 318 g/mol. The average Bonchev–Trinajstić information content (AvgIpc) is 2.36. The highest BCUT2D eigenvalue weighted by Crippen LogP contribution is 2.32. The van der Waals surface area contributed by atoms with Gasteiger partial charge in [0.15, 0.2) is 0 Å². The lowest BCUT2D eigenvalue weighted by Gasteiger charge is -2.26. The molecule has 0 aliphatic heterocycles. The highest BCUT2D eigenvalue weighted by atomic mass is 19.4. The van der Waals surface area contributed by atoms with Crippen LogP contribution < -0.4 is 10.6 Å². The number of rotatable bonds is 3. The fourth-order valence-electron chi connectivity index (χ4n) is 1.60. The number of carbonyl (C=O) groups is 1.